The van der Waals surface area contributed by atoms with Crippen molar-refractivity contribution in [1.29, 1.82) is 0 Å². The van der Waals surface area contributed by atoms with Crippen molar-refractivity contribution in [2.24, 2.45) is 0 Å². The third-order valence-electron chi connectivity index (χ3n) is 2.60. The molecule has 3 nitrogen and oxygen atoms in total. The van der Waals surface area contributed by atoms with Gasteiger partial charge in [-0.2, -0.15) is 0 Å². The summed E-state index contributed by atoms with van der Waals surface area (Å²) in [6.45, 7) is 1.60. The van der Waals surface area contributed by atoms with Crippen LogP contribution < -0.4 is 0 Å². The Kier molecular flexibility index (Phi) is 5.46. The maximum atomic E-state index is 9.67. The normalized spacial score (nSPS) is 16.8. The molecule has 0 saturated carbocycles. The van der Waals surface area contributed by atoms with E-state index < -0.39 is 18.3 Å². The summed E-state index contributed by atoms with van der Waals surface area (Å²) in [6.07, 6.45) is -0.730. The average molecular weight is 224 g/mol. The lowest BCUT2D eigenvalue weighted by Gasteiger charge is -2.18. The Bertz CT molecular complexity index is 284. The van der Waals surface area contributed by atoms with E-state index in [1.807, 2.05) is 30.3 Å². The molecule has 1 aromatic rings. The van der Waals surface area contributed by atoms with Crippen LogP contribution >= 0.6 is 0 Å². The Morgan fingerprint density at radius 2 is 1.62 bits per heavy atom. The maximum absolute atomic E-state index is 9.67. The first-order valence-corrected chi connectivity index (χ1v) is 5.67. The van der Waals surface area contributed by atoms with Crippen LogP contribution in [0.2, 0.25) is 0 Å². The molecule has 0 aliphatic heterocycles. The number of aliphatic hydroxyl groups excluding tert-OH is 3. The number of aryl methyl sites for hydroxylation is 1. The largest absolute Gasteiger partial charge is 0.393 e. The standard InChI is InChI=1S/C13H20O3/c1-10(14)9-13(16)12(15)8-7-11-5-3-2-4-6-11/h2-6,10,12-16H,7-9H2,1H3/t10-,12-,13-/m1/s1. The van der Waals surface area contributed by atoms with Gasteiger partial charge in [0.25, 0.3) is 0 Å². The molecule has 0 saturated heterocycles. The second-order valence-corrected chi connectivity index (χ2v) is 4.24. The molecule has 0 aliphatic rings. The predicted molar refractivity (Wildman–Crippen MR) is 63.1 cm³/mol. The number of hydrogen-bond donors (Lipinski definition) is 3. The molecule has 0 aromatic heterocycles. The molecule has 90 valence electrons. The highest BCUT2D eigenvalue weighted by atomic mass is 16.3. The van der Waals surface area contributed by atoms with E-state index in [2.05, 4.69) is 0 Å². The van der Waals surface area contributed by atoms with Gasteiger partial charge in [0, 0.05) is 6.42 Å². The number of benzene rings is 1. The second kappa shape index (κ2) is 6.63. The fourth-order valence-electron chi connectivity index (χ4n) is 1.66. The lowest BCUT2D eigenvalue weighted by molar-refractivity contribution is -0.0120. The summed E-state index contributed by atoms with van der Waals surface area (Å²) in [5.41, 5.74) is 1.14. The zero-order valence-electron chi connectivity index (χ0n) is 9.58. The fourth-order valence-corrected chi connectivity index (χ4v) is 1.66. The highest BCUT2D eigenvalue weighted by molar-refractivity contribution is 5.14. The first kappa shape index (κ1) is 13.2. The van der Waals surface area contributed by atoms with E-state index in [0.717, 1.165) is 12.0 Å². The molecule has 0 spiro atoms. The molecule has 3 N–H and O–H groups in total. The lowest BCUT2D eigenvalue weighted by atomic mass is 10.0. The van der Waals surface area contributed by atoms with Crippen molar-refractivity contribution >= 4 is 0 Å². The van der Waals surface area contributed by atoms with Gasteiger partial charge in [-0.05, 0) is 25.3 Å². The van der Waals surface area contributed by atoms with Crippen LogP contribution in [0.4, 0.5) is 0 Å². The molecule has 0 unspecified atom stereocenters. The molecular weight excluding hydrogens is 204 g/mol. The van der Waals surface area contributed by atoms with Crippen LogP contribution in [0.25, 0.3) is 0 Å². The van der Waals surface area contributed by atoms with E-state index in [0.29, 0.717) is 6.42 Å². The van der Waals surface area contributed by atoms with E-state index >= 15 is 0 Å². The summed E-state index contributed by atoms with van der Waals surface area (Å²) in [5, 5.41) is 28.3. The van der Waals surface area contributed by atoms with Gasteiger partial charge >= 0.3 is 0 Å². The Balaban J connectivity index is 2.32. The summed E-state index contributed by atoms with van der Waals surface area (Å²) >= 11 is 0. The van der Waals surface area contributed by atoms with Gasteiger partial charge in [0.2, 0.25) is 0 Å². The molecule has 16 heavy (non-hydrogen) atoms. The second-order valence-electron chi connectivity index (χ2n) is 4.24. The quantitative estimate of drug-likeness (QED) is 0.678. The van der Waals surface area contributed by atoms with E-state index in [1.54, 1.807) is 6.92 Å². The lowest BCUT2D eigenvalue weighted by Crippen LogP contribution is -2.29. The molecule has 0 amide bonds. The molecule has 1 aromatic carbocycles. The van der Waals surface area contributed by atoms with E-state index in [9.17, 15) is 10.2 Å². The Hall–Kier alpha value is -0.900. The minimum atomic E-state index is -0.844. The zero-order chi connectivity index (χ0) is 12.0. The predicted octanol–water partition coefficient (Wildman–Crippen LogP) is 1.11. The average Bonchev–Trinajstić information content (AvgIpc) is 2.26. The molecule has 3 heteroatoms. The molecular formula is C13H20O3. The van der Waals surface area contributed by atoms with Crippen LogP contribution in [0.5, 0.6) is 0 Å². The zero-order valence-corrected chi connectivity index (χ0v) is 9.58. The summed E-state index contributed by atoms with van der Waals surface area (Å²) in [5.74, 6) is 0. The van der Waals surface area contributed by atoms with Crippen LogP contribution in [-0.2, 0) is 6.42 Å². The van der Waals surface area contributed by atoms with Gasteiger partial charge in [-0.15, -0.1) is 0 Å². The smallest absolute Gasteiger partial charge is 0.0823 e. The summed E-state index contributed by atoms with van der Waals surface area (Å²) < 4.78 is 0. The molecule has 0 heterocycles. The van der Waals surface area contributed by atoms with Gasteiger partial charge in [0.1, 0.15) is 0 Å². The van der Waals surface area contributed by atoms with Crippen LogP contribution in [-0.4, -0.2) is 33.6 Å². The number of aliphatic hydroxyl groups is 3. The third-order valence-corrected chi connectivity index (χ3v) is 2.60. The Labute approximate surface area is 96.4 Å². The van der Waals surface area contributed by atoms with Crippen molar-refractivity contribution in [2.45, 2.75) is 44.5 Å². The Morgan fingerprint density at radius 1 is 1.00 bits per heavy atom. The maximum Gasteiger partial charge on any atom is 0.0823 e. The molecule has 0 fully saturated rings. The van der Waals surface area contributed by atoms with Crippen LogP contribution in [0.3, 0.4) is 0 Å². The summed E-state index contributed by atoms with van der Waals surface area (Å²) in [4.78, 5) is 0. The van der Waals surface area contributed by atoms with Gasteiger partial charge < -0.3 is 15.3 Å². The molecule has 1 rings (SSSR count). The fraction of sp³-hybridized carbons (Fsp3) is 0.538. The molecule has 3 atom stereocenters. The summed E-state index contributed by atoms with van der Waals surface area (Å²) in [6, 6.07) is 9.84. The van der Waals surface area contributed by atoms with Crippen LogP contribution in [0.15, 0.2) is 30.3 Å². The van der Waals surface area contributed by atoms with Gasteiger partial charge in [0.15, 0.2) is 0 Å². The third kappa shape index (κ3) is 4.75. The number of hydrogen-bond acceptors (Lipinski definition) is 3. The van der Waals surface area contributed by atoms with Crippen molar-refractivity contribution in [1.82, 2.24) is 0 Å². The molecule has 0 aliphatic carbocycles. The SMILES string of the molecule is C[C@@H](O)C[C@@H](O)[C@H](O)CCc1ccccc1. The van der Waals surface area contributed by atoms with Crippen LogP contribution in [0.1, 0.15) is 25.3 Å². The number of rotatable bonds is 6. The Morgan fingerprint density at radius 3 is 2.19 bits per heavy atom. The van der Waals surface area contributed by atoms with Gasteiger partial charge in [-0.25, -0.2) is 0 Å². The van der Waals surface area contributed by atoms with E-state index in [1.165, 1.54) is 0 Å². The van der Waals surface area contributed by atoms with Gasteiger partial charge in [0.05, 0.1) is 18.3 Å². The van der Waals surface area contributed by atoms with Crippen molar-refractivity contribution in [2.75, 3.05) is 0 Å². The minimum Gasteiger partial charge on any atom is -0.393 e. The van der Waals surface area contributed by atoms with Crippen LogP contribution in [0, 0.1) is 0 Å². The van der Waals surface area contributed by atoms with Crippen molar-refractivity contribution in [3.05, 3.63) is 35.9 Å². The van der Waals surface area contributed by atoms with Gasteiger partial charge in [-0.3, -0.25) is 0 Å². The van der Waals surface area contributed by atoms with Crippen molar-refractivity contribution in [3.8, 4) is 0 Å². The molecule has 0 radical (unpaired) electrons. The molecule has 0 bridgehead atoms. The van der Waals surface area contributed by atoms with Crippen molar-refractivity contribution in [3.63, 3.8) is 0 Å². The van der Waals surface area contributed by atoms with E-state index in [4.69, 9.17) is 5.11 Å². The summed E-state index contributed by atoms with van der Waals surface area (Å²) in [7, 11) is 0. The topological polar surface area (TPSA) is 60.7 Å². The first-order valence-electron chi connectivity index (χ1n) is 5.67. The monoisotopic (exact) mass is 224 g/mol. The van der Waals surface area contributed by atoms with Crippen molar-refractivity contribution < 1.29 is 15.3 Å². The highest BCUT2D eigenvalue weighted by Gasteiger charge is 2.17. The minimum absolute atomic E-state index is 0.218. The highest BCUT2D eigenvalue weighted by Crippen LogP contribution is 2.10. The first-order chi connectivity index (χ1) is 7.59. The van der Waals surface area contributed by atoms with E-state index in [-0.39, 0.29) is 6.42 Å². The van der Waals surface area contributed by atoms with Gasteiger partial charge in [-0.1, -0.05) is 30.3 Å².